The summed E-state index contributed by atoms with van der Waals surface area (Å²) in [5.74, 6) is -0.0262. The van der Waals surface area contributed by atoms with Crippen LogP contribution >= 0.6 is 11.6 Å². The van der Waals surface area contributed by atoms with E-state index in [9.17, 15) is 28.4 Å². The van der Waals surface area contributed by atoms with Crippen molar-refractivity contribution < 1.29 is 32.7 Å². The number of H-pyrrole nitrogens is 1. The van der Waals surface area contributed by atoms with E-state index in [1.165, 1.54) is 49.1 Å². The number of anilines is 2. The summed E-state index contributed by atoms with van der Waals surface area (Å²) in [6.45, 7) is 9.29. The Morgan fingerprint density at radius 1 is 1.04 bits per heavy atom. The van der Waals surface area contributed by atoms with E-state index in [1.807, 2.05) is 0 Å². The second kappa shape index (κ2) is 17.6. The Bertz CT molecular complexity index is 2830. The number of aliphatic hydroxyl groups is 1. The Kier molecular flexibility index (Phi) is 11.9. The summed E-state index contributed by atoms with van der Waals surface area (Å²) >= 11 is 6.42. The Morgan fingerprint density at radius 3 is 2.55 bits per heavy atom. The number of hydrogen-bond donors (Lipinski definition) is 4. The van der Waals surface area contributed by atoms with E-state index in [0.29, 0.717) is 59.7 Å². The fraction of sp³-hybridized carbons (Fsp3) is 0.480. The Labute approximate surface area is 395 Å². The molecule has 1 amide bonds. The molecule has 2 aliphatic carbocycles. The molecule has 0 unspecified atom stereocenters. The molecule has 5 aliphatic rings. The standard InChI is InChI=1S/C50H58ClN7O8S/c1-30(2)36-7-4-5-8-37(36)42-9-6-18-57(42)33-25-50(26-33)16-19-56(20-17-50)32-10-11-38(44(21-32)66-34-22-39-40(51)28-53-47(39)52-27-34)48(59)55-67(63,64)35-23-43(58(61)62)46-45(24-35)65-29-41(54-46)31-12-14-49(3,60)15-13-31/h4-5,7-8,10-11,21-24,27-28,30-31,33,41-42,54,60H,6,9,12-20,25-26,29H2,1-3H3,(H,52,53)(H,55,59)/t31?,41-,42+,49?/m1/s1. The number of nitro benzene ring substituents is 1. The minimum absolute atomic E-state index is 0.00542. The number of benzene rings is 3. The topological polar surface area (TPSA) is 192 Å². The van der Waals surface area contributed by atoms with Crippen molar-refractivity contribution in [1.82, 2.24) is 19.6 Å². The maximum atomic E-state index is 14.1. The molecule has 2 saturated carbocycles. The zero-order chi connectivity index (χ0) is 46.8. The Balaban J connectivity index is 0.863. The number of halogens is 1. The highest BCUT2D eigenvalue weighted by molar-refractivity contribution is 7.90. The molecule has 2 aromatic heterocycles. The van der Waals surface area contributed by atoms with Crippen LogP contribution in [-0.2, 0) is 10.0 Å². The van der Waals surface area contributed by atoms with Crippen LogP contribution in [0.4, 0.5) is 17.1 Å². The lowest BCUT2D eigenvalue weighted by Crippen LogP contribution is -2.54. The normalized spacial score (nSPS) is 24.2. The van der Waals surface area contributed by atoms with Gasteiger partial charge in [0.25, 0.3) is 21.6 Å². The number of aromatic amines is 1. The van der Waals surface area contributed by atoms with Gasteiger partial charge in [0.05, 0.1) is 38.2 Å². The number of amides is 1. The molecule has 4 N–H and O–H groups in total. The van der Waals surface area contributed by atoms with E-state index in [0.717, 1.165) is 44.2 Å². The van der Waals surface area contributed by atoms with Gasteiger partial charge in [0.2, 0.25) is 0 Å². The van der Waals surface area contributed by atoms with Crippen LogP contribution in [0.15, 0.2) is 78.0 Å². The first-order chi connectivity index (χ1) is 32.1. The molecule has 3 aromatic carbocycles. The minimum Gasteiger partial charge on any atom is -0.489 e. The van der Waals surface area contributed by atoms with Crippen molar-refractivity contribution in [1.29, 1.82) is 0 Å². The second-order valence-electron chi connectivity index (χ2n) is 20.1. The molecular formula is C50H58ClN7O8S. The van der Waals surface area contributed by atoms with E-state index in [1.54, 1.807) is 37.4 Å². The maximum Gasteiger partial charge on any atom is 0.297 e. The van der Waals surface area contributed by atoms with Crippen LogP contribution in [0.25, 0.3) is 11.0 Å². The third-order valence-electron chi connectivity index (χ3n) is 15.4. The van der Waals surface area contributed by atoms with Crippen LogP contribution in [0.5, 0.6) is 17.2 Å². The quantitative estimate of drug-likeness (QED) is 0.0725. The average molecular weight is 953 g/mol. The third-order valence-corrected chi connectivity index (χ3v) is 17.0. The van der Waals surface area contributed by atoms with Crippen molar-refractivity contribution >= 4 is 55.6 Å². The van der Waals surface area contributed by atoms with Crippen molar-refractivity contribution in [3.05, 3.63) is 105 Å². The zero-order valence-electron chi connectivity index (χ0n) is 38.1. The molecule has 17 heteroatoms. The van der Waals surface area contributed by atoms with Crippen LogP contribution in [0.3, 0.4) is 0 Å². The van der Waals surface area contributed by atoms with E-state index < -0.39 is 37.0 Å². The summed E-state index contributed by atoms with van der Waals surface area (Å²) in [5, 5.41) is 27.1. The summed E-state index contributed by atoms with van der Waals surface area (Å²) in [4.78, 5) is 37.9. The number of likely N-dealkylation sites (tertiary alicyclic amines) is 1. The SMILES string of the molecule is CC(C)c1ccccc1[C@@H]1CCCN1C1CC2(CCN(c3ccc(C(=O)NS(=O)(=O)c4cc5c(c([N+](=O)[O-])c4)N[C@@H](C4CCC(C)(O)CC4)CO5)c(Oc4cnc5[nH]cc(Cl)c5c4)c3)CC2)C1. The van der Waals surface area contributed by atoms with Crippen LogP contribution in [-0.4, -0.2) is 83.1 Å². The van der Waals surface area contributed by atoms with Crippen molar-refractivity contribution in [2.24, 2.45) is 11.3 Å². The molecule has 2 saturated heterocycles. The third kappa shape index (κ3) is 8.93. The Morgan fingerprint density at radius 2 is 1.81 bits per heavy atom. The lowest BCUT2D eigenvalue weighted by Gasteiger charge is -2.56. The molecule has 5 heterocycles. The smallest absolute Gasteiger partial charge is 0.297 e. The summed E-state index contributed by atoms with van der Waals surface area (Å²) in [6.07, 6.45) is 12.6. The number of fused-ring (bicyclic) bond motifs is 2. The van der Waals surface area contributed by atoms with Crippen LogP contribution in [0.2, 0.25) is 5.02 Å². The number of ether oxygens (including phenoxy) is 2. The molecule has 67 heavy (non-hydrogen) atoms. The fourth-order valence-corrected chi connectivity index (χ4v) is 12.7. The van der Waals surface area contributed by atoms with Gasteiger partial charge in [0.15, 0.2) is 11.4 Å². The predicted octanol–water partition coefficient (Wildman–Crippen LogP) is 9.86. The number of piperidine rings is 1. The molecule has 0 bridgehead atoms. The number of rotatable bonds is 11. The maximum absolute atomic E-state index is 14.1. The van der Waals surface area contributed by atoms with E-state index in [4.69, 9.17) is 21.1 Å². The summed E-state index contributed by atoms with van der Waals surface area (Å²) in [5.41, 5.74) is 3.36. The van der Waals surface area contributed by atoms with Crippen LogP contribution in [0, 0.1) is 21.4 Å². The van der Waals surface area contributed by atoms with Crippen molar-refractivity contribution in [3.8, 4) is 17.2 Å². The van der Waals surface area contributed by atoms with Crippen LogP contribution in [0.1, 0.15) is 118 Å². The van der Waals surface area contributed by atoms with Crippen molar-refractivity contribution in [2.75, 3.05) is 36.5 Å². The molecule has 4 fully saturated rings. The summed E-state index contributed by atoms with van der Waals surface area (Å²) < 4.78 is 42.5. The number of carbonyl (C=O) groups is 1. The highest BCUT2D eigenvalue weighted by Gasteiger charge is 2.50. The largest absolute Gasteiger partial charge is 0.489 e. The van der Waals surface area contributed by atoms with Gasteiger partial charge in [-0.05, 0) is 124 Å². The van der Waals surface area contributed by atoms with Gasteiger partial charge in [0, 0.05) is 60.6 Å². The zero-order valence-corrected chi connectivity index (χ0v) is 39.7. The molecule has 5 aromatic rings. The first-order valence-corrected chi connectivity index (χ1v) is 25.5. The molecular weight excluding hydrogens is 894 g/mol. The number of pyridine rings is 1. The molecule has 1 spiro atoms. The highest BCUT2D eigenvalue weighted by atomic mass is 35.5. The number of nitrogens with zero attached hydrogens (tertiary/aromatic N) is 4. The van der Waals surface area contributed by atoms with Crippen LogP contribution < -0.4 is 24.4 Å². The molecule has 354 valence electrons. The van der Waals surface area contributed by atoms with Gasteiger partial charge in [-0.25, -0.2) is 18.1 Å². The molecule has 0 radical (unpaired) electrons. The number of aromatic nitrogens is 2. The van der Waals surface area contributed by atoms with Crippen molar-refractivity contribution in [2.45, 2.75) is 120 Å². The predicted molar refractivity (Wildman–Crippen MR) is 257 cm³/mol. The second-order valence-corrected chi connectivity index (χ2v) is 22.2. The number of nitrogens with one attached hydrogen (secondary N) is 3. The van der Waals surface area contributed by atoms with E-state index in [-0.39, 0.29) is 52.5 Å². The number of sulfonamides is 1. The van der Waals surface area contributed by atoms with Gasteiger partial charge < -0.3 is 29.8 Å². The van der Waals surface area contributed by atoms with Gasteiger partial charge in [-0.1, -0.05) is 49.7 Å². The summed E-state index contributed by atoms with van der Waals surface area (Å²) in [7, 11) is -4.68. The van der Waals surface area contributed by atoms with Gasteiger partial charge in [0.1, 0.15) is 23.8 Å². The average Bonchev–Trinajstić information content (AvgIpc) is 3.94. The molecule has 15 nitrogen and oxygen atoms in total. The summed E-state index contributed by atoms with van der Waals surface area (Å²) in [6, 6.07) is 18.7. The first-order valence-electron chi connectivity index (χ1n) is 23.6. The van der Waals surface area contributed by atoms with Gasteiger partial charge in [-0.2, -0.15) is 0 Å². The Hall–Kier alpha value is -5.42. The number of carbonyl (C=O) groups excluding carboxylic acids is 1. The van der Waals surface area contributed by atoms with Crippen molar-refractivity contribution in [3.63, 3.8) is 0 Å². The van der Waals surface area contributed by atoms with E-state index >= 15 is 0 Å². The van der Waals surface area contributed by atoms with Gasteiger partial charge in [-0.3, -0.25) is 19.8 Å². The van der Waals surface area contributed by atoms with E-state index in [2.05, 4.69) is 67.9 Å². The fourth-order valence-electron chi connectivity index (χ4n) is 11.5. The minimum atomic E-state index is -4.68. The number of hydrogen-bond acceptors (Lipinski definition) is 12. The molecule has 10 rings (SSSR count). The van der Waals surface area contributed by atoms with Gasteiger partial charge >= 0.3 is 0 Å². The lowest BCUT2D eigenvalue weighted by atomic mass is 9.59. The lowest BCUT2D eigenvalue weighted by molar-refractivity contribution is -0.384. The first kappa shape index (κ1) is 45.4. The monoisotopic (exact) mass is 951 g/mol. The molecule has 2 atom stereocenters. The molecule has 3 aliphatic heterocycles. The van der Waals surface area contributed by atoms with Gasteiger partial charge in [-0.15, -0.1) is 0 Å². The number of nitro groups is 1. The highest BCUT2D eigenvalue weighted by Crippen LogP contribution is 2.54.